The second-order valence-corrected chi connectivity index (χ2v) is 7.37. The van der Waals surface area contributed by atoms with Crippen LogP contribution in [0.1, 0.15) is 32.9 Å². The average molecular weight is 346 g/mol. The van der Waals surface area contributed by atoms with Crippen LogP contribution in [0.25, 0.3) is 10.8 Å². The van der Waals surface area contributed by atoms with Gasteiger partial charge in [0.05, 0.1) is 18.2 Å². The zero-order chi connectivity index (χ0) is 17.2. The third-order valence-corrected chi connectivity index (χ3v) is 5.42. The Kier molecular flexibility index (Phi) is 4.91. The van der Waals surface area contributed by atoms with Gasteiger partial charge in [0.25, 0.3) is 0 Å². The molecule has 1 aliphatic carbocycles. The van der Waals surface area contributed by atoms with E-state index in [0.717, 1.165) is 17.1 Å². The van der Waals surface area contributed by atoms with E-state index in [1.165, 1.54) is 11.3 Å². The third-order valence-electron chi connectivity index (χ3n) is 4.53. The predicted octanol–water partition coefficient (Wildman–Crippen LogP) is 2.46. The highest BCUT2D eigenvalue weighted by Gasteiger charge is 2.49. The van der Waals surface area contributed by atoms with Crippen molar-refractivity contribution >= 4 is 17.2 Å². The summed E-state index contributed by atoms with van der Waals surface area (Å²) in [6.07, 6.45) is 4.73. The molecule has 6 nitrogen and oxygen atoms in total. The van der Waals surface area contributed by atoms with E-state index in [1.807, 2.05) is 12.3 Å². The van der Waals surface area contributed by atoms with Crippen LogP contribution in [-0.4, -0.2) is 39.6 Å². The molecule has 3 rings (SSSR count). The van der Waals surface area contributed by atoms with E-state index in [-0.39, 0.29) is 29.9 Å². The highest BCUT2D eigenvalue weighted by Crippen LogP contribution is 2.42. The Morgan fingerprint density at radius 3 is 2.83 bits per heavy atom. The van der Waals surface area contributed by atoms with Crippen molar-refractivity contribution in [3.05, 3.63) is 29.5 Å². The highest BCUT2D eigenvalue weighted by molar-refractivity contribution is 7.13. The smallest absolute Gasteiger partial charge is 0.226 e. The van der Waals surface area contributed by atoms with Crippen molar-refractivity contribution in [1.29, 1.82) is 0 Å². The van der Waals surface area contributed by atoms with Crippen molar-refractivity contribution in [3.63, 3.8) is 0 Å². The summed E-state index contributed by atoms with van der Waals surface area (Å²) >= 11 is 1.45. The quantitative estimate of drug-likeness (QED) is 0.869. The van der Waals surface area contributed by atoms with E-state index in [2.05, 4.69) is 34.1 Å². The molecule has 128 valence electrons. The average Bonchev–Trinajstić information content (AvgIpc) is 3.03. The van der Waals surface area contributed by atoms with Crippen molar-refractivity contribution in [2.45, 2.75) is 45.8 Å². The molecule has 2 unspecified atom stereocenters. The van der Waals surface area contributed by atoms with Gasteiger partial charge in [-0.25, -0.2) is 15.0 Å². The number of nitrogens with one attached hydrogen (secondary N) is 1. The summed E-state index contributed by atoms with van der Waals surface area (Å²) in [6, 6.07) is 1.92. The highest BCUT2D eigenvalue weighted by atomic mass is 32.1. The summed E-state index contributed by atoms with van der Waals surface area (Å²) in [6.45, 7) is 6.97. The van der Waals surface area contributed by atoms with E-state index in [0.29, 0.717) is 12.4 Å². The van der Waals surface area contributed by atoms with Crippen LogP contribution in [0.2, 0.25) is 0 Å². The number of hydrogen-bond acceptors (Lipinski definition) is 6. The predicted molar refractivity (Wildman–Crippen MR) is 92.6 cm³/mol. The Labute approximate surface area is 145 Å². The molecular formula is C17H22N4O2S. The second-order valence-electron chi connectivity index (χ2n) is 6.51. The maximum absolute atomic E-state index is 12.3. The largest absolute Gasteiger partial charge is 0.378 e. The van der Waals surface area contributed by atoms with E-state index < -0.39 is 0 Å². The first-order valence-electron chi connectivity index (χ1n) is 8.13. The Bertz CT molecular complexity index is 702. The Balaban J connectivity index is 1.56. The molecule has 1 amide bonds. The van der Waals surface area contributed by atoms with Crippen LogP contribution >= 0.6 is 11.3 Å². The summed E-state index contributed by atoms with van der Waals surface area (Å²) in [5.74, 6) is 0.586. The van der Waals surface area contributed by atoms with Gasteiger partial charge in [-0.15, -0.1) is 11.3 Å². The molecule has 1 saturated carbocycles. The standard InChI is InChI=1S/C17H22N4O2S/c1-4-23-13-9-12(17(13,2)3)21-14(22)8-11-10-24-16(20-11)15-18-6-5-7-19-15/h5-7,10,12-13H,4,8-9H2,1-3H3,(H,21,22). The molecule has 0 aliphatic heterocycles. The molecule has 0 saturated heterocycles. The zero-order valence-electron chi connectivity index (χ0n) is 14.2. The van der Waals surface area contributed by atoms with Gasteiger partial charge < -0.3 is 10.1 Å². The van der Waals surface area contributed by atoms with Crippen molar-refractivity contribution in [1.82, 2.24) is 20.3 Å². The Morgan fingerprint density at radius 1 is 1.42 bits per heavy atom. The zero-order valence-corrected chi connectivity index (χ0v) is 15.0. The topological polar surface area (TPSA) is 77.0 Å². The van der Waals surface area contributed by atoms with Gasteiger partial charge in [-0.3, -0.25) is 4.79 Å². The van der Waals surface area contributed by atoms with Gasteiger partial charge in [-0.1, -0.05) is 13.8 Å². The Hall–Kier alpha value is -1.86. The number of ether oxygens (including phenoxy) is 1. The fraction of sp³-hybridized carbons (Fsp3) is 0.529. The molecule has 1 fully saturated rings. The van der Waals surface area contributed by atoms with Crippen LogP contribution in [0.15, 0.2) is 23.8 Å². The molecule has 0 aromatic carbocycles. The number of aromatic nitrogens is 3. The minimum absolute atomic E-state index is 0.00569. The monoisotopic (exact) mass is 346 g/mol. The van der Waals surface area contributed by atoms with Crippen LogP contribution in [0.5, 0.6) is 0 Å². The second kappa shape index (κ2) is 6.94. The summed E-state index contributed by atoms with van der Waals surface area (Å²) in [7, 11) is 0. The lowest BCUT2D eigenvalue weighted by Crippen LogP contribution is -2.62. The number of nitrogens with zero attached hydrogens (tertiary/aromatic N) is 3. The van der Waals surface area contributed by atoms with E-state index in [9.17, 15) is 4.79 Å². The first-order valence-corrected chi connectivity index (χ1v) is 9.01. The number of carbonyl (C=O) groups is 1. The van der Waals surface area contributed by atoms with Gasteiger partial charge in [0.1, 0.15) is 0 Å². The molecule has 0 bridgehead atoms. The van der Waals surface area contributed by atoms with Gasteiger partial charge in [-0.05, 0) is 19.4 Å². The van der Waals surface area contributed by atoms with E-state index >= 15 is 0 Å². The maximum Gasteiger partial charge on any atom is 0.226 e. The van der Waals surface area contributed by atoms with Gasteiger partial charge in [-0.2, -0.15) is 0 Å². The van der Waals surface area contributed by atoms with Crippen LogP contribution in [0, 0.1) is 5.41 Å². The summed E-state index contributed by atoms with van der Waals surface area (Å²) < 4.78 is 5.70. The number of amides is 1. The molecular weight excluding hydrogens is 324 g/mol. The molecule has 0 radical (unpaired) electrons. The molecule has 1 aliphatic rings. The van der Waals surface area contributed by atoms with Crippen molar-refractivity contribution in [2.75, 3.05) is 6.61 Å². The lowest BCUT2D eigenvalue weighted by molar-refractivity contribution is -0.136. The van der Waals surface area contributed by atoms with Gasteiger partial charge >= 0.3 is 0 Å². The molecule has 2 heterocycles. The lowest BCUT2D eigenvalue weighted by Gasteiger charge is -2.51. The van der Waals surface area contributed by atoms with Gasteiger partial charge in [0, 0.05) is 35.8 Å². The normalized spacial score (nSPS) is 22.0. The fourth-order valence-electron chi connectivity index (χ4n) is 2.92. The molecule has 2 aromatic rings. The van der Waals surface area contributed by atoms with Crippen LogP contribution in [-0.2, 0) is 16.0 Å². The lowest BCUT2D eigenvalue weighted by atomic mass is 9.64. The number of thiazole rings is 1. The van der Waals surface area contributed by atoms with Crippen molar-refractivity contribution in [3.8, 4) is 10.8 Å². The molecule has 2 atom stereocenters. The van der Waals surface area contributed by atoms with Gasteiger partial charge in [0.2, 0.25) is 5.91 Å². The summed E-state index contributed by atoms with van der Waals surface area (Å²) in [4.78, 5) is 25.1. The molecule has 0 spiro atoms. The van der Waals surface area contributed by atoms with E-state index in [1.54, 1.807) is 18.5 Å². The van der Waals surface area contributed by atoms with Crippen molar-refractivity contribution < 1.29 is 9.53 Å². The number of carbonyl (C=O) groups excluding carboxylic acids is 1. The Morgan fingerprint density at radius 2 is 2.17 bits per heavy atom. The minimum Gasteiger partial charge on any atom is -0.378 e. The number of rotatable bonds is 6. The van der Waals surface area contributed by atoms with E-state index in [4.69, 9.17) is 4.74 Å². The first kappa shape index (κ1) is 17.0. The van der Waals surface area contributed by atoms with Crippen LogP contribution in [0.4, 0.5) is 0 Å². The summed E-state index contributed by atoms with van der Waals surface area (Å²) in [5, 5.41) is 5.73. The third kappa shape index (κ3) is 3.47. The van der Waals surface area contributed by atoms with Crippen LogP contribution < -0.4 is 5.32 Å². The molecule has 1 N–H and O–H groups in total. The molecule has 2 aromatic heterocycles. The molecule has 24 heavy (non-hydrogen) atoms. The van der Waals surface area contributed by atoms with Crippen LogP contribution in [0.3, 0.4) is 0 Å². The SMILES string of the molecule is CCOC1CC(NC(=O)Cc2csc(-c3ncccn3)n2)C1(C)C. The molecule has 7 heteroatoms. The van der Waals surface area contributed by atoms with Gasteiger partial charge in [0.15, 0.2) is 10.8 Å². The summed E-state index contributed by atoms with van der Waals surface area (Å²) in [5.41, 5.74) is 0.718. The van der Waals surface area contributed by atoms with Crippen molar-refractivity contribution in [2.24, 2.45) is 5.41 Å². The maximum atomic E-state index is 12.3. The minimum atomic E-state index is -0.0310. The number of hydrogen-bond donors (Lipinski definition) is 1. The fourth-order valence-corrected chi connectivity index (χ4v) is 3.69. The first-order chi connectivity index (χ1) is 11.5.